The van der Waals surface area contributed by atoms with Crippen LogP contribution in [0.1, 0.15) is 5.56 Å². The van der Waals surface area contributed by atoms with Crippen LogP contribution in [0, 0.1) is 0 Å². The average Bonchev–Trinajstić information content (AvgIpc) is 2.38. The Morgan fingerprint density at radius 3 is 1.70 bits per heavy atom. The minimum atomic E-state index is -6.26. The van der Waals surface area contributed by atoms with Crippen molar-refractivity contribution in [3.05, 3.63) is 40.0 Å². The van der Waals surface area contributed by atoms with Gasteiger partial charge in [0.1, 0.15) is 5.69 Å². The SMILES string of the molecule is NC=CC=Nc1c(Cl)cc(C(F)(C(F)(F)F)C(F)(F)F)cc1Cl. The molecule has 1 aromatic carbocycles. The summed E-state index contributed by atoms with van der Waals surface area (Å²) in [5, 5.41) is -1.38. The van der Waals surface area contributed by atoms with Crippen LogP contribution in [-0.2, 0) is 5.67 Å². The first-order valence-electron chi connectivity index (χ1n) is 5.59. The molecule has 0 amide bonds. The highest BCUT2D eigenvalue weighted by molar-refractivity contribution is 6.39. The maximum absolute atomic E-state index is 13.9. The van der Waals surface area contributed by atoms with Crippen molar-refractivity contribution in [2.24, 2.45) is 10.7 Å². The molecule has 2 N–H and O–H groups in total. The van der Waals surface area contributed by atoms with Crippen LogP contribution in [0.5, 0.6) is 0 Å². The monoisotopic (exact) mass is 382 g/mol. The number of rotatable bonds is 3. The first-order chi connectivity index (χ1) is 10.4. The molecule has 0 aromatic heterocycles. The minimum Gasteiger partial charge on any atom is -0.405 e. The molecule has 0 atom stereocenters. The normalized spacial score (nSPS) is 14.1. The van der Waals surface area contributed by atoms with Crippen LogP contribution in [-0.4, -0.2) is 18.6 Å². The van der Waals surface area contributed by atoms with Gasteiger partial charge in [0.05, 0.1) is 10.0 Å². The summed E-state index contributed by atoms with van der Waals surface area (Å²) in [6.07, 6.45) is -9.22. The van der Waals surface area contributed by atoms with Gasteiger partial charge in [0, 0.05) is 11.8 Å². The van der Waals surface area contributed by atoms with Gasteiger partial charge in [0.15, 0.2) is 0 Å². The Morgan fingerprint density at radius 1 is 0.913 bits per heavy atom. The van der Waals surface area contributed by atoms with Gasteiger partial charge in [-0.25, -0.2) is 4.39 Å². The van der Waals surface area contributed by atoms with Gasteiger partial charge in [0.25, 0.3) is 0 Å². The van der Waals surface area contributed by atoms with Gasteiger partial charge in [-0.1, -0.05) is 23.2 Å². The van der Waals surface area contributed by atoms with Gasteiger partial charge in [-0.15, -0.1) is 0 Å². The molecule has 1 rings (SSSR count). The van der Waals surface area contributed by atoms with E-state index in [4.69, 9.17) is 28.9 Å². The largest absolute Gasteiger partial charge is 0.435 e. The number of aliphatic imine (C=N–C) groups is 1. The van der Waals surface area contributed by atoms with Crippen molar-refractivity contribution < 1.29 is 30.7 Å². The number of hydrogen-bond acceptors (Lipinski definition) is 2. The van der Waals surface area contributed by atoms with E-state index in [-0.39, 0.29) is 17.8 Å². The molecule has 0 fully saturated rings. The molecule has 0 heterocycles. The second-order valence-corrected chi connectivity index (χ2v) is 4.92. The maximum Gasteiger partial charge on any atom is 0.435 e. The Morgan fingerprint density at radius 2 is 1.35 bits per heavy atom. The quantitative estimate of drug-likeness (QED) is 0.547. The standard InChI is InChI=1S/C12H7Cl2F7N2/c13-7-4-6(5-8(14)9(7)23-3-1-2-22)10(15,11(16,17)18)12(19,20)21/h1-5H,22H2. The van der Waals surface area contributed by atoms with Crippen LogP contribution in [0.15, 0.2) is 29.4 Å². The Bertz CT molecular complexity index is 598. The third kappa shape index (κ3) is 3.72. The molecule has 0 aliphatic carbocycles. The van der Waals surface area contributed by atoms with Gasteiger partial charge in [0.2, 0.25) is 0 Å². The predicted octanol–water partition coefficient (Wildman–Crippen LogP) is 5.46. The van der Waals surface area contributed by atoms with Crippen molar-refractivity contribution in [3.8, 4) is 0 Å². The van der Waals surface area contributed by atoms with Crippen LogP contribution in [0.2, 0.25) is 10.0 Å². The van der Waals surface area contributed by atoms with Crippen LogP contribution < -0.4 is 5.73 Å². The average molecular weight is 383 g/mol. The fraction of sp³-hybridized carbons (Fsp3) is 0.250. The number of halogens is 9. The molecule has 0 spiro atoms. The first kappa shape index (κ1) is 19.6. The molecule has 0 unspecified atom stereocenters. The van der Waals surface area contributed by atoms with E-state index in [2.05, 4.69) is 4.99 Å². The molecule has 0 saturated carbocycles. The van der Waals surface area contributed by atoms with E-state index in [1.54, 1.807) is 0 Å². The molecule has 2 nitrogen and oxygen atoms in total. The summed E-state index contributed by atoms with van der Waals surface area (Å²) >= 11 is 11.1. The van der Waals surface area contributed by atoms with Crippen molar-refractivity contribution >= 4 is 35.1 Å². The maximum atomic E-state index is 13.9. The Labute approximate surface area is 135 Å². The Kier molecular flexibility index (Phi) is 5.58. The van der Waals surface area contributed by atoms with Crippen LogP contribution in [0.4, 0.5) is 36.4 Å². The van der Waals surface area contributed by atoms with E-state index in [0.29, 0.717) is 0 Å². The minimum absolute atomic E-state index is 0.174. The Balaban J connectivity index is 3.55. The summed E-state index contributed by atoms with van der Waals surface area (Å²) in [7, 11) is 0. The summed E-state index contributed by atoms with van der Waals surface area (Å²) in [6.45, 7) is 0. The second kappa shape index (κ2) is 6.56. The van der Waals surface area contributed by atoms with Crippen molar-refractivity contribution in [1.82, 2.24) is 0 Å². The molecule has 0 saturated heterocycles. The van der Waals surface area contributed by atoms with Gasteiger partial charge in [-0.3, -0.25) is 4.99 Å². The molecule has 128 valence electrons. The zero-order valence-corrected chi connectivity index (χ0v) is 12.3. The van der Waals surface area contributed by atoms with Gasteiger partial charge < -0.3 is 5.73 Å². The predicted molar refractivity (Wildman–Crippen MR) is 72.8 cm³/mol. The smallest absolute Gasteiger partial charge is 0.405 e. The number of benzene rings is 1. The van der Waals surface area contributed by atoms with Gasteiger partial charge in [-0.2, -0.15) is 26.3 Å². The molecule has 0 radical (unpaired) electrons. The zero-order valence-electron chi connectivity index (χ0n) is 10.8. The fourth-order valence-electron chi connectivity index (χ4n) is 1.54. The summed E-state index contributed by atoms with van der Waals surface area (Å²) < 4.78 is 89.9. The summed E-state index contributed by atoms with van der Waals surface area (Å²) in [5.41, 5.74) is -2.73. The lowest BCUT2D eigenvalue weighted by molar-refractivity contribution is -0.348. The molecule has 0 aliphatic heterocycles. The van der Waals surface area contributed by atoms with Crippen LogP contribution in [0.25, 0.3) is 0 Å². The second-order valence-electron chi connectivity index (χ2n) is 4.11. The van der Waals surface area contributed by atoms with Crippen molar-refractivity contribution in [3.63, 3.8) is 0 Å². The summed E-state index contributed by atoms with van der Waals surface area (Å²) in [4.78, 5) is 3.60. The highest BCUT2D eigenvalue weighted by atomic mass is 35.5. The molecular weight excluding hydrogens is 376 g/mol. The molecular formula is C12H7Cl2F7N2. The van der Waals surface area contributed by atoms with E-state index in [1.807, 2.05) is 0 Å². The zero-order chi connectivity index (χ0) is 18.1. The van der Waals surface area contributed by atoms with E-state index in [9.17, 15) is 30.7 Å². The van der Waals surface area contributed by atoms with E-state index >= 15 is 0 Å². The topological polar surface area (TPSA) is 38.4 Å². The van der Waals surface area contributed by atoms with Crippen LogP contribution >= 0.6 is 23.2 Å². The van der Waals surface area contributed by atoms with Gasteiger partial charge in [-0.05, 0) is 24.4 Å². The highest BCUT2D eigenvalue weighted by Gasteiger charge is 2.73. The third-order valence-corrected chi connectivity index (χ3v) is 3.17. The number of alkyl halides is 7. The first-order valence-corrected chi connectivity index (χ1v) is 6.34. The molecule has 0 aliphatic rings. The van der Waals surface area contributed by atoms with E-state index in [1.165, 1.54) is 6.08 Å². The fourth-order valence-corrected chi connectivity index (χ4v) is 2.13. The lowest BCUT2D eigenvalue weighted by atomic mass is 9.94. The molecule has 1 aromatic rings. The van der Waals surface area contributed by atoms with Crippen LogP contribution in [0.3, 0.4) is 0 Å². The van der Waals surface area contributed by atoms with Crippen molar-refractivity contribution in [2.45, 2.75) is 18.0 Å². The summed E-state index contributed by atoms with van der Waals surface area (Å²) in [6, 6.07) is 0.348. The lowest BCUT2D eigenvalue weighted by Crippen LogP contribution is -2.50. The molecule has 23 heavy (non-hydrogen) atoms. The molecule has 0 bridgehead atoms. The van der Waals surface area contributed by atoms with Crippen molar-refractivity contribution in [2.75, 3.05) is 0 Å². The van der Waals surface area contributed by atoms with E-state index < -0.39 is 33.6 Å². The molecule has 11 heteroatoms. The number of hydrogen-bond donors (Lipinski definition) is 1. The highest BCUT2D eigenvalue weighted by Crippen LogP contribution is 2.54. The van der Waals surface area contributed by atoms with E-state index in [0.717, 1.165) is 12.4 Å². The third-order valence-electron chi connectivity index (χ3n) is 2.60. The number of nitrogens with two attached hydrogens (primary N) is 1. The Hall–Kier alpha value is -1.48. The number of nitrogens with zero attached hydrogens (tertiary/aromatic N) is 1. The van der Waals surface area contributed by atoms with Crippen molar-refractivity contribution in [1.29, 1.82) is 0 Å². The lowest BCUT2D eigenvalue weighted by Gasteiger charge is -2.30. The summed E-state index contributed by atoms with van der Waals surface area (Å²) in [5.74, 6) is 0. The van der Waals surface area contributed by atoms with Gasteiger partial charge >= 0.3 is 18.0 Å². The number of allylic oxidation sites excluding steroid dienone is 1.